The van der Waals surface area contributed by atoms with Gasteiger partial charge in [0.2, 0.25) is 10.0 Å². The van der Waals surface area contributed by atoms with Gasteiger partial charge in [-0.3, -0.25) is 0 Å². The van der Waals surface area contributed by atoms with Gasteiger partial charge in [0.1, 0.15) is 0 Å². The summed E-state index contributed by atoms with van der Waals surface area (Å²) in [5.41, 5.74) is 1.27. The Morgan fingerprint density at radius 2 is 2.05 bits per heavy atom. The van der Waals surface area contributed by atoms with E-state index in [4.69, 9.17) is 0 Å². The molecule has 1 aliphatic rings. The van der Waals surface area contributed by atoms with Crippen LogP contribution in [0.4, 0.5) is 5.69 Å². The molecule has 124 valence electrons. The van der Waals surface area contributed by atoms with Crippen molar-refractivity contribution in [2.45, 2.75) is 25.8 Å². The molecule has 0 unspecified atom stereocenters. The van der Waals surface area contributed by atoms with Crippen LogP contribution in [0.3, 0.4) is 0 Å². The summed E-state index contributed by atoms with van der Waals surface area (Å²) in [6.45, 7) is 4.98. The van der Waals surface area contributed by atoms with Gasteiger partial charge in [0.15, 0.2) is 0 Å². The third kappa shape index (κ3) is 4.97. The fourth-order valence-corrected chi connectivity index (χ4v) is 3.46. The average molecular weight is 325 g/mol. The molecule has 2 rings (SSSR count). The van der Waals surface area contributed by atoms with E-state index in [0.29, 0.717) is 12.6 Å². The van der Waals surface area contributed by atoms with E-state index in [1.807, 2.05) is 6.07 Å². The number of sulfonamides is 1. The third-order valence-electron chi connectivity index (χ3n) is 4.31. The molecule has 22 heavy (non-hydrogen) atoms. The Bertz CT molecular complexity index is 548. The minimum Gasteiger partial charge on any atom is -0.370 e. The molecule has 0 radical (unpaired) electrons. The van der Waals surface area contributed by atoms with Crippen molar-refractivity contribution in [2.75, 3.05) is 43.9 Å². The Morgan fingerprint density at radius 1 is 1.32 bits per heavy atom. The number of likely N-dealkylation sites (N-methyl/N-ethyl adjacent to an activating group) is 1. The van der Waals surface area contributed by atoms with Crippen molar-refractivity contribution in [1.82, 2.24) is 9.62 Å². The highest BCUT2D eigenvalue weighted by atomic mass is 32.2. The summed E-state index contributed by atoms with van der Waals surface area (Å²) < 4.78 is 25.6. The quantitative estimate of drug-likeness (QED) is 0.826. The highest BCUT2D eigenvalue weighted by molar-refractivity contribution is 7.89. The fourth-order valence-electron chi connectivity index (χ4n) is 2.85. The second kappa shape index (κ2) is 7.94. The minimum absolute atomic E-state index is 0.141. The van der Waals surface area contributed by atoms with Crippen molar-refractivity contribution < 1.29 is 8.42 Å². The smallest absolute Gasteiger partial charge is 0.211 e. The number of anilines is 1. The number of nitrogens with zero attached hydrogens (tertiary/aromatic N) is 2. The molecule has 0 bridgehead atoms. The number of benzene rings is 1. The molecule has 1 N–H and O–H groups in total. The first-order valence-electron chi connectivity index (χ1n) is 7.99. The zero-order valence-corrected chi connectivity index (χ0v) is 14.3. The Balaban J connectivity index is 1.84. The zero-order chi connectivity index (χ0) is 16.0. The lowest BCUT2D eigenvalue weighted by molar-refractivity contribution is 0.219. The predicted molar refractivity (Wildman–Crippen MR) is 91.8 cm³/mol. The second-order valence-electron chi connectivity index (χ2n) is 5.86. The van der Waals surface area contributed by atoms with E-state index in [2.05, 4.69) is 45.8 Å². The van der Waals surface area contributed by atoms with Gasteiger partial charge in [0.05, 0.1) is 5.75 Å². The topological polar surface area (TPSA) is 52.7 Å². The van der Waals surface area contributed by atoms with Crippen LogP contribution in [0.15, 0.2) is 30.3 Å². The maximum absolute atomic E-state index is 11.5. The molecule has 0 spiro atoms. The number of hydrogen-bond acceptors (Lipinski definition) is 4. The van der Waals surface area contributed by atoms with Crippen molar-refractivity contribution in [1.29, 1.82) is 0 Å². The molecular formula is C16H27N3O2S. The van der Waals surface area contributed by atoms with Crippen LogP contribution in [0.25, 0.3) is 0 Å². The van der Waals surface area contributed by atoms with Gasteiger partial charge in [-0.25, -0.2) is 13.1 Å². The lowest BCUT2D eigenvalue weighted by Gasteiger charge is -2.39. The van der Waals surface area contributed by atoms with Crippen molar-refractivity contribution in [3.8, 4) is 0 Å². The predicted octanol–water partition coefficient (Wildman–Crippen LogP) is 1.53. The summed E-state index contributed by atoms with van der Waals surface area (Å²) in [5, 5.41) is 0. The summed E-state index contributed by atoms with van der Waals surface area (Å²) in [6, 6.07) is 11.0. The number of nitrogens with one attached hydrogen (secondary N) is 1. The van der Waals surface area contributed by atoms with E-state index in [0.717, 1.165) is 19.6 Å². The molecule has 0 aliphatic carbocycles. The van der Waals surface area contributed by atoms with Gasteiger partial charge in [-0.05, 0) is 38.9 Å². The Kier molecular flexibility index (Phi) is 6.23. The normalized spacial score (nSPS) is 19.6. The number of piperidine rings is 1. The highest BCUT2D eigenvalue weighted by Gasteiger charge is 2.23. The summed E-state index contributed by atoms with van der Waals surface area (Å²) >= 11 is 0. The van der Waals surface area contributed by atoms with E-state index in [-0.39, 0.29) is 5.75 Å². The summed E-state index contributed by atoms with van der Waals surface area (Å²) in [5.74, 6) is 0.141. The van der Waals surface area contributed by atoms with Crippen molar-refractivity contribution >= 4 is 15.7 Å². The second-order valence-corrected chi connectivity index (χ2v) is 7.95. The van der Waals surface area contributed by atoms with Crippen LogP contribution in [-0.4, -0.2) is 58.3 Å². The highest BCUT2D eigenvalue weighted by Crippen LogP contribution is 2.21. The standard InChI is InChI=1S/C16H27N3O2S/c1-3-22(20,21)17-11-13-18(2)16-10-7-12-19(14-16)15-8-5-4-6-9-15/h4-6,8-9,16-17H,3,7,10-14H2,1-2H3/t16-/m0/s1. The van der Waals surface area contributed by atoms with Gasteiger partial charge in [0, 0.05) is 37.9 Å². The third-order valence-corrected chi connectivity index (χ3v) is 5.71. The van der Waals surface area contributed by atoms with E-state index >= 15 is 0 Å². The molecule has 0 amide bonds. The lowest BCUT2D eigenvalue weighted by atomic mass is 10.0. The first-order chi connectivity index (χ1) is 10.5. The number of rotatable bonds is 7. The van der Waals surface area contributed by atoms with Crippen LogP contribution in [0.1, 0.15) is 19.8 Å². The van der Waals surface area contributed by atoms with Crippen LogP contribution in [0, 0.1) is 0 Å². The molecular weight excluding hydrogens is 298 g/mol. The minimum atomic E-state index is -3.09. The maximum Gasteiger partial charge on any atom is 0.211 e. The Labute approximate surface area is 134 Å². The SMILES string of the molecule is CCS(=O)(=O)NCCN(C)[C@H]1CCCN(c2ccccc2)C1. The van der Waals surface area contributed by atoms with E-state index in [1.54, 1.807) is 6.92 Å². The van der Waals surface area contributed by atoms with Crippen molar-refractivity contribution in [3.05, 3.63) is 30.3 Å². The van der Waals surface area contributed by atoms with Crippen LogP contribution in [0.2, 0.25) is 0 Å². The Morgan fingerprint density at radius 3 is 2.73 bits per heavy atom. The fraction of sp³-hybridized carbons (Fsp3) is 0.625. The largest absolute Gasteiger partial charge is 0.370 e. The van der Waals surface area contributed by atoms with Gasteiger partial charge in [0.25, 0.3) is 0 Å². The molecule has 5 nitrogen and oxygen atoms in total. The number of para-hydroxylation sites is 1. The van der Waals surface area contributed by atoms with Crippen molar-refractivity contribution in [2.24, 2.45) is 0 Å². The number of hydrogen-bond donors (Lipinski definition) is 1. The first-order valence-corrected chi connectivity index (χ1v) is 9.64. The van der Waals surface area contributed by atoms with Crippen LogP contribution < -0.4 is 9.62 Å². The molecule has 1 heterocycles. The Hall–Kier alpha value is -1.11. The van der Waals surface area contributed by atoms with E-state index in [1.165, 1.54) is 18.5 Å². The monoisotopic (exact) mass is 325 g/mol. The molecule has 0 aromatic heterocycles. The van der Waals surface area contributed by atoms with E-state index < -0.39 is 10.0 Å². The van der Waals surface area contributed by atoms with E-state index in [9.17, 15) is 8.42 Å². The van der Waals surface area contributed by atoms with Gasteiger partial charge in [-0.2, -0.15) is 0 Å². The molecule has 1 aliphatic heterocycles. The zero-order valence-electron chi connectivity index (χ0n) is 13.5. The maximum atomic E-state index is 11.5. The van der Waals surface area contributed by atoms with Crippen molar-refractivity contribution in [3.63, 3.8) is 0 Å². The van der Waals surface area contributed by atoms with Gasteiger partial charge >= 0.3 is 0 Å². The van der Waals surface area contributed by atoms with Gasteiger partial charge < -0.3 is 9.80 Å². The summed E-state index contributed by atoms with van der Waals surface area (Å²) in [7, 11) is -1.00. The van der Waals surface area contributed by atoms with Crippen LogP contribution in [-0.2, 0) is 10.0 Å². The summed E-state index contributed by atoms with van der Waals surface area (Å²) in [4.78, 5) is 4.69. The molecule has 6 heteroatoms. The average Bonchev–Trinajstić information content (AvgIpc) is 2.55. The molecule has 1 atom stereocenters. The van der Waals surface area contributed by atoms with Crippen LogP contribution >= 0.6 is 0 Å². The van der Waals surface area contributed by atoms with Gasteiger partial charge in [-0.15, -0.1) is 0 Å². The van der Waals surface area contributed by atoms with Crippen LogP contribution in [0.5, 0.6) is 0 Å². The molecule has 1 saturated heterocycles. The lowest BCUT2D eigenvalue weighted by Crippen LogP contribution is -2.48. The summed E-state index contributed by atoms with van der Waals surface area (Å²) in [6.07, 6.45) is 2.34. The molecule has 0 saturated carbocycles. The van der Waals surface area contributed by atoms with Gasteiger partial charge in [-0.1, -0.05) is 18.2 Å². The molecule has 1 aromatic carbocycles. The molecule has 1 fully saturated rings. The molecule has 1 aromatic rings. The first kappa shape index (κ1) is 17.2.